The van der Waals surface area contributed by atoms with Crippen LogP contribution in [0.15, 0.2) is 35.5 Å². The lowest BCUT2D eigenvalue weighted by Gasteiger charge is -2.30. The fourth-order valence-electron chi connectivity index (χ4n) is 1.52. The second-order valence-electron chi connectivity index (χ2n) is 3.67. The fraction of sp³-hybridized carbons (Fsp3) is 0.273. The van der Waals surface area contributed by atoms with Gasteiger partial charge in [-0.3, -0.25) is 0 Å². The quantitative estimate of drug-likeness (QED) is 0.412. The first kappa shape index (κ1) is 9.62. The number of rotatable bonds is 2. The molecule has 1 atom stereocenters. The Hall–Kier alpha value is -1.93. The molecule has 0 spiro atoms. The van der Waals surface area contributed by atoms with Crippen molar-refractivity contribution in [1.29, 1.82) is 0 Å². The second-order valence-corrected chi connectivity index (χ2v) is 3.67. The van der Waals surface area contributed by atoms with Crippen LogP contribution in [0.25, 0.3) is 16.5 Å². The zero-order valence-corrected chi connectivity index (χ0v) is 8.42. The molecule has 0 bridgehead atoms. The van der Waals surface area contributed by atoms with E-state index in [1.54, 1.807) is 0 Å². The Morgan fingerprint density at radius 2 is 2.27 bits per heavy atom. The third kappa shape index (κ3) is 1.95. The Morgan fingerprint density at radius 3 is 3.07 bits per heavy atom. The summed E-state index contributed by atoms with van der Waals surface area (Å²) in [6.45, 7) is 2.20. The van der Waals surface area contributed by atoms with Crippen LogP contribution < -0.4 is 4.74 Å². The van der Waals surface area contributed by atoms with Gasteiger partial charge >= 0.3 is 0 Å². The normalized spacial score (nSPS) is 22.5. The molecule has 4 nitrogen and oxygen atoms in total. The highest BCUT2D eigenvalue weighted by molar-refractivity contribution is 5.60. The molecule has 0 amide bonds. The summed E-state index contributed by atoms with van der Waals surface area (Å²) in [4.78, 5) is 2.74. The molecule has 0 N–H and O–H groups in total. The molecule has 15 heavy (non-hydrogen) atoms. The molecule has 1 aromatic carbocycles. The molecule has 0 saturated heterocycles. The SMILES string of the molecule is CC1(CN=[N+]=[N-])C=Cc2ccccc2O1. The van der Waals surface area contributed by atoms with Crippen molar-refractivity contribution in [3.8, 4) is 5.75 Å². The summed E-state index contributed by atoms with van der Waals surface area (Å²) < 4.78 is 5.77. The van der Waals surface area contributed by atoms with Crippen LogP contribution in [0.2, 0.25) is 0 Å². The first-order chi connectivity index (χ1) is 7.23. The molecule has 2 rings (SSSR count). The van der Waals surface area contributed by atoms with Crippen molar-refractivity contribution in [1.82, 2.24) is 0 Å². The molecule has 76 valence electrons. The molecule has 1 unspecified atom stereocenters. The molecule has 1 aliphatic rings. The van der Waals surface area contributed by atoms with Gasteiger partial charge in [0.25, 0.3) is 0 Å². The fourth-order valence-corrected chi connectivity index (χ4v) is 1.52. The van der Waals surface area contributed by atoms with Crippen LogP contribution in [0.1, 0.15) is 12.5 Å². The van der Waals surface area contributed by atoms with E-state index in [0.29, 0.717) is 6.54 Å². The average Bonchev–Trinajstić information content (AvgIpc) is 2.26. The van der Waals surface area contributed by atoms with Crippen LogP contribution in [-0.2, 0) is 0 Å². The van der Waals surface area contributed by atoms with Crippen molar-refractivity contribution in [3.05, 3.63) is 46.3 Å². The van der Waals surface area contributed by atoms with Crippen LogP contribution in [0.5, 0.6) is 5.75 Å². The first-order valence-corrected chi connectivity index (χ1v) is 4.72. The predicted molar refractivity (Wildman–Crippen MR) is 58.5 cm³/mol. The average molecular weight is 201 g/mol. The van der Waals surface area contributed by atoms with Crippen LogP contribution in [-0.4, -0.2) is 12.1 Å². The third-order valence-corrected chi connectivity index (χ3v) is 2.33. The van der Waals surface area contributed by atoms with Crippen molar-refractivity contribution < 1.29 is 4.74 Å². The largest absolute Gasteiger partial charge is 0.483 e. The van der Waals surface area contributed by atoms with Crippen molar-refractivity contribution in [3.63, 3.8) is 0 Å². The molecule has 0 aliphatic carbocycles. The van der Waals surface area contributed by atoms with Gasteiger partial charge in [-0.25, -0.2) is 0 Å². The van der Waals surface area contributed by atoms with E-state index < -0.39 is 5.60 Å². The molecular formula is C11H11N3O. The van der Waals surface area contributed by atoms with E-state index in [1.165, 1.54) is 0 Å². The Labute approximate surface area is 87.8 Å². The van der Waals surface area contributed by atoms with Gasteiger partial charge in [-0.15, -0.1) is 0 Å². The van der Waals surface area contributed by atoms with E-state index in [9.17, 15) is 0 Å². The zero-order valence-electron chi connectivity index (χ0n) is 8.42. The molecule has 0 saturated carbocycles. The Kier molecular flexibility index (Phi) is 2.35. The van der Waals surface area contributed by atoms with Gasteiger partial charge in [0.05, 0.1) is 6.54 Å². The van der Waals surface area contributed by atoms with Crippen LogP contribution in [0.4, 0.5) is 0 Å². The molecular weight excluding hydrogens is 190 g/mol. The van der Waals surface area contributed by atoms with Gasteiger partial charge in [0.1, 0.15) is 11.4 Å². The lowest BCUT2D eigenvalue weighted by Crippen LogP contribution is -2.35. The minimum Gasteiger partial charge on any atom is -0.483 e. The molecule has 1 heterocycles. The highest BCUT2D eigenvalue weighted by Gasteiger charge is 2.26. The Balaban J connectivity index is 2.28. The summed E-state index contributed by atoms with van der Waals surface area (Å²) in [6.07, 6.45) is 3.91. The lowest BCUT2D eigenvalue weighted by molar-refractivity contribution is 0.147. The number of benzene rings is 1. The predicted octanol–water partition coefficient (Wildman–Crippen LogP) is 3.16. The number of hydrogen-bond donors (Lipinski definition) is 0. The Morgan fingerprint density at radius 1 is 1.47 bits per heavy atom. The lowest BCUT2D eigenvalue weighted by atomic mass is 10.0. The van der Waals surface area contributed by atoms with Gasteiger partial charge < -0.3 is 4.74 Å². The van der Waals surface area contributed by atoms with E-state index in [2.05, 4.69) is 10.0 Å². The van der Waals surface area contributed by atoms with Crippen LogP contribution in [0.3, 0.4) is 0 Å². The number of azide groups is 1. The number of para-hydroxylation sites is 1. The van der Waals surface area contributed by atoms with Gasteiger partial charge in [-0.05, 0) is 24.6 Å². The molecule has 1 aliphatic heterocycles. The minimum atomic E-state index is -0.527. The molecule has 4 heteroatoms. The van der Waals surface area contributed by atoms with E-state index >= 15 is 0 Å². The van der Waals surface area contributed by atoms with E-state index in [4.69, 9.17) is 10.3 Å². The maximum absolute atomic E-state index is 8.29. The van der Waals surface area contributed by atoms with E-state index in [-0.39, 0.29) is 0 Å². The summed E-state index contributed by atoms with van der Waals surface area (Å²) in [5.41, 5.74) is 8.81. The standard InChI is InChI=1S/C11H11N3O/c1-11(8-13-14-12)7-6-9-4-2-3-5-10(9)15-11/h2-7H,8H2,1H3. The maximum Gasteiger partial charge on any atom is 0.130 e. The molecule has 1 aromatic rings. The van der Waals surface area contributed by atoms with Gasteiger partial charge in [0.2, 0.25) is 0 Å². The molecule has 0 radical (unpaired) electrons. The van der Waals surface area contributed by atoms with Crippen molar-refractivity contribution in [2.45, 2.75) is 12.5 Å². The summed E-state index contributed by atoms with van der Waals surface area (Å²) in [6, 6.07) is 7.78. The number of fused-ring (bicyclic) bond motifs is 1. The Bertz CT molecular complexity index is 449. The summed E-state index contributed by atoms with van der Waals surface area (Å²) >= 11 is 0. The first-order valence-electron chi connectivity index (χ1n) is 4.72. The van der Waals surface area contributed by atoms with Gasteiger partial charge in [0, 0.05) is 10.5 Å². The summed E-state index contributed by atoms with van der Waals surface area (Å²) in [5, 5.41) is 3.54. The second kappa shape index (κ2) is 3.67. The third-order valence-electron chi connectivity index (χ3n) is 2.33. The van der Waals surface area contributed by atoms with Gasteiger partial charge in [-0.1, -0.05) is 29.4 Å². The number of ether oxygens (including phenoxy) is 1. The number of hydrogen-bond acceptors (Lipinski definition) is 2. The van der Waals surface area contributed by atoms with Crippen LogP contribution in [0, 0.1) is 0 Å². The van der Waals surface area contributed by atoms with Crippen LogP contribution >= 0.6 is 0 Å². The summed E-state index contributed by atoms with van der Waals surface area (Å²) in [5.74, 6) is 0.829. The van der Waals surface area contributed by atoms with Crippen molar-refractivity contribution >= 4 is 6.08 Å². The smallest absolute Gasteiger partial charge is 0.130 e. The minimum absolute atomic E-state index is 0.300. The maximum atomic E-state index is 8.29. The molecule has 0 aromatic heterocycles. The molecule has 0 fully saturated rings. The highest BCUT2D eigenvalue weighted by atomic mass is 16.5. The van der Waals surface area contributed by atoms with Gasteiger partial charge in [0.15, 0.2) is 0 Å². The summed E-state index contributed by atoms with van der Waals surface area (Å²) in [7, 11) is 0. The van der Waals surface area contributed by atoms with Gasteiger partial charge in [-0.2, -0.15) is 0 Å². The van der Waals surface area contributed by atoms with Crippen molar-refractivity contribution in [2.75, 3.05) is 6.54 Å². The number of nitrogens with zero attached hydrogens (tertiary/aromatic N) is 3. The zero-order chi connectivity index (χ0) is 10.7. The topological polar surface area (TPSA) is 58.0 Å². The van der Waals surface area contributed by atoms with E-state index in [0.717, 1.165) is 11.3 Å². The van der Waals surface area contributed by atoms with Crippen molar-refractivity contribution in [2.24, 2.45) is 5.11 Å². The van der Waals surface area contributed by atoms with E-state index in [1.807, 2.05) is 43.3 Å². The highest BCUT2D eigenvalue weighted by Crippen LogP contribution is 2.30. The monoisotopic (exact) mass is 201 g/mol.